The second-order valence-electron chi connectivity index (χ2n) is 5.69. The third-order valence-electron chi connectivity index (χ3n) is 2.90. The molecule has 0 fully saturated rings. The van der Waals surface area contributed by atoms with Gasteiger partial charge in [0.25, 0.3) is 6.29 Å². The molecular weight excluding hydrogens is 396 g/mol. The van der Waals surface area contributed by atoms with Crippen molar-refractivity contribution < 1.29 is 57.2 Å². The fraction of sp³-hybridized carbons (Fsp3) is 0.647. The average Bonchev–Trinajstić information content (AvgIpc) is 2.52. The van der Waals surface area contributed by atoms with Crippen LogP contribution in [-0.2, 0) is 57.2 Å². The first-order chi connectivity index (χ1) is 13.3. The lowest BCUT2D eigenvalue weighted by Gasteiger charge is -2.34. The SMILES string of the molecule is CC(=O)OC[C@@H](OC(C)=O)[C@@H](OC(C)=O)[C@H](OC(C)=O)C(OC(C)=O)OC(C)=O. The van der Waals surface area contributed by atoms with Gasteiger partial charge in [-0.05, 0) is 0 Å². The van der Waals surface area contributed by atoms with Gasteiger partial charge in [0.15, 0.2) is 12.2 Å². The standard InChI is InChI=1S/C17H24O12/c1-8(18)24-7-14(25-9(2)19)15(26-10(3)20)16(27-11(4)21)17(28-12(5)22)29-13(6)23/h14-17H,7H2,1-6H3/t14-,15-,16+/m1/s1. The summed E-state index contributed by atoms with van der Waals surface area (Å²) in [5.41, 5.74) is 0. The largest absolute Gasteiger partial charge is 0.462 e. The Morgan fingerprint density at radius 1 is 0.517 bits per heavy atom. The van der Waals surface area contributed by atoms with Crippen molar-refractivity contribution in [2.24, 2.45) is 0 Å². The molecule has 0 aromatic heterocycles. The minimum absolute atomic E-state index is 0.600. The molecule has 0 unspecified atom stereocenters. The molecule has 0 N–H and O–H groups in total. The summed E-state index contributed by atoms with van der Waals surface area (Å²) in [7, 11) is 0. The second kappa shape index (κ2) is 12.3. The highest BCUT2D eigenvalue weighted by atomic mass is 16.7. The van der Waals surface area contributed by atoms with Crippen LogP contribution < -0.4 is 0 Å². The molecule has 0 heterocycles. The summed E-state index contributed by atoms with van der Waals surface area (Å²) in [6, 6.07) is 0. The Morgan fingerprint density at radius 3 is 1.24 bits per heavy atom. The van der Waals surface area contributed by atoms with Crippen LogP contribution in [0.15, 0.2) is 0 Å². The van der Waals surface area contributed by atoms with E-state index in [9.17, 15) is 28.8 Å². The monoisotopic (exact) mass is 420 g/mol. The lowest BCUT2D eigenvalue weighted by Crippen LogP contribution is -2.54. The molecule has 12 heteroatoms. The van der Waals surface area contributed by atoms with Crippen LogP contribution >= 0.6 is 0 Å². The van der Waals surface area contributed by atoms with E-state index in [1.54, 1.807) is 0 Å². The lowest BCUT2D eigenvalue weighted by atomic mass is 10.1. The molecule has 0 amide bonds. The van der Waals surface area contributed by atoms with Crippen molar-refractivity contribution in [2.45, 2.75) is 66.1 Å². The predicted octanol–water partition coefficient (Wildman–Crippen LogP) is -0.203. The Balaban J connectivity index is 6.20. The summed E-state index contributed by atoms with van der Waals surface area (Å²) in [6.07, 6.45) is -6.75. The molecule has 0 saturated carbocycles. The average molecular weight is 420 g/mol. The smallest absolute Gasteiger partial charge is 0.305 e. The van der Waals surface area contributed by atoms with Crippen LogP contribution in [0.1, 0.15) is 41.5 Å². The Bertz CT molecular complexity index is 624. The molecule has 0 spiro atoms. The zero-order chi connectivity index (χ0) is 22.7. The molecule has 0 saturated heterocycles. The van der Waals surface area contributed by atoms with Crippen LogP contribution in [0.25, 0.3) is 0 Å². The number of hydrogen-bond donors (Lipinski definition) is 0. The van der Waals surface area contributed by atoms with Crippen molar-refractivity contribution in [3.63, 3.8) is 0 Å². The maximum atomic E-state index is 11.6. The Morgan fingerprint density at radius 2 is 0.897 bits per heavy atom. The number of carbonyl (C=O) groups is 6. The van der Waals surface area contributed by atoms with Crippen molar-refractivity contribution in [1.82, 2.24) is 0 Å². The summed E-state index contributed by atoms with van der Waals surface area (Å²) in [5, 5.41) is 0. The van der Waals surface area contributed by atoms with Crippen molar-refractivity contribution in [2.75, 3.05) is 6.61 Å². The van der Waals surface area contributed by atoms with Gasteiger partial charge >= 0.3 is 35.8 Å². The van der Waals surface area contributed by atoms with Crippen molar-refractivity contribution in [1.29, 1.82) is 0 Å². The summed E-state index contributed by atoms with van der Waals surface area (Å²) >= 11 is 0. The molecular formula is C17H24O12. The molecule has 0 rings (SSSR count). The predicted molar refractivity (Wildman–Crippen MR) is 90.6 cm³/mol. The highest BCUT2D eigenvalue weighted by Crippen LogP contribution is 2.21. The van der Waals surface area contributed by atoms with E-state index in [1.807, 2.05) is 0 Å². The Kier molecular flexibility index (Phi) is 11.0. The molecule has 0 aliphatic rings. The van der Waals surface area contributed by atoms with Gasteiger partial charge < -0.3 is 28.4 Å². The molecule has 0 aliphatic heterocycles. The van der Waals surface area contributed by atoms with Gasteiger partial charge in [-0.3, -0.25) is 28.8 Å². The van der Waals surface area contributed by atoms with Gasteiger partial charge in [0.05, 0.1) is 0 Å². The van der Waals surface area contributed by atoms with Gasteiger partial charge in [0, 0.05) is 41.5 Å². The van der Waals surface area contributed by atoms with Crippen LogP contribution in [0.3, 0.4) is 0 Å². The third kappa shape index (κ3) is 11.3. The zero-order valence-electron chi connectivity index (χ0n) is 16.9. The summed E-state index contributed by atoms with van der Waals surface area (Å²) in [5.74, 6) is -5.26. The first kappa shape index (κ1) is 25.8. The normalized spacial score (nSPS) is 13.3. The van der Waals surface area contributed by atoms with Gasteiger partial charge in [-0.2, -0.15) is 0 Å². The molecule has 3 atom stereocenters. The fourth-order valence-corrected chi connectivity index (χ4v) is 2.11. The number of rotatable bonds is 10. The highest BCUT2D eigenvalue weighted by molar-refractivity contribution is 5.70. The molecule has 0 aliphatic carbocycles. The van der Waals surface area contributed by atoms with E-state index in [2.05, 4.69) is 0 Å². The van der Waals surface area contributed by atoms with E-state index in [1.165, 1.54) is 0 Å². The van der Waals surface area contributed by atoms with Crippen LogP contribution in [0.4, 0.5) is 0 Å². The molecule has 0 aromatic carbocycles. The number of ether oxygens (including phenoxy) is 6. The van der Waals surface area contributed by atoms with E-state index in [0.717, 1.165) is 41.5 Å². The summed E-state index contributed by atoms with van der Waals surface area (Å²) < 4.78 is 29.7. The maximum Gasteiger partial charge on any atom is 0.305 e. The molecule has 0 aromatic rings. The van der Waals surface area contributed by atoms with E-state index >= 15 is 0 Å². The van der Waals surface area contributed by atoms with Gasteiger partial charge in [-0.15, -0.1) is 0 Å². The van der Waals surface area contributed by atoms with Crippen LogP contribution in [0.2, 0.25) is 0 Å². The first-order valence-electron chi connectivity index (χ1n) is 8.32. The number of esters is 6. The summed E-state index contributed by atoms with van der Waals surface area (Å²) in [6.45, 7) is 5.48. The van der Waals surface area contributed by atoms with Crippen molar-refractivity contribution in [3.8, 4) is 0 Å². The van der Waals surface area contributed by atoms with Crippen molar-refractivity contribution in [3.05, 3.63) is 0 Å². The van der Waals surface area contributed by atoms with E-state index in [-0.39, 0.29) is 0 Å². The van der Waals surface area contributed by atoms with Gasteiger partial charge in [-0.25, -0.2) is 0 Å². The minimum Gasteiger partial charge on any atom is -0.462 e. The van der Waals surface area contributed by atoms with Crippen LogP contribution in [0.5, 0.6) is 0 Å². The molecule has 0 bridgehead atoms. The molecule has 29 heavy (non-hydrogen) atoms. The Hall–Kier alpha value is -3.18. The quantitative estimate of drug-likeness (QED) is 0.261. The number of carbonyl (C=O) groups excluding carboxylic acids is 6. The van der Waals surface area contributed by atoms with Gasteiger partial charge in [0.2, 0.25) is 6.10 Å². The third-order valence-corrected chi connectivity index (χ3v) is 2.90. The topological polar surface area (TPSA) is 158 Å². The Labute approximate surface area is 166 Å². The minimum atomic E-state index is -1.85. The van der Waals surface area contributed by atoms with Crippen LogP contribution in [-0.4, -0.2) is 67.0 Å². The maximum absolute atomic E-state index is 11.6. The molecule has 0 radical (unpaired) electrons. The van der Waals surface area contributed by atoms with Crippen LogP contribution in [0, 0.1) is 0 Å². The fourth-order valence-electron chi connectivity index (χ4n) is 2.11. The van der Waals surface area contributed by atoms with E-state index in [0.29, 0.717) is 0 Å². The highest BCUT2D eigenvalue weighted by Gasteiger charge is 2.45. The first-order valence-corrected chi connectivity index (χ1v) is 8.32. The summed E-state index contributed by atoms with van der Waals surface area (Å²) in [4.78, 5) is 68.7. The van der Waals surface area contributed by atoms with Gasteiger partial charge in [-0.1, -0.05) is 0 Å². The second-order valence-corrected chi connectivity index (χ2v) is 5.69. The van der Waals surface area contributed by atoms with E-state index < -0.39 is 67.0 Å². The zero-order valence-corrected chi connectivity index (χ0v) is 16.9. The van der Waals surface area contributed by atoms with Crippen molar-refractivity contribution >= 4 is 35.8 Å². The van der Waals surface area contributed by atoms with Gasteiger partial charge in [0.1, 0.15) is 6.61 Å². The number of hydrogen-bond acceptors (Lipinski definition) is 12. The molecule has 164 valence electrons. The lowest BCUT2D eigenvalue weighted by molar-refractivity contribution is -0.237. The van der Waals surface area contributed by atoms with E-state index in [4.69, 9.17) is 28.4 Å². The molecule has 12 nitrogen and oxygen atoms in total.